The molecule has 0 saturated carbocycles. The van der Waals surface area contributed by atoms with Crippen LogP contribution in [0.1, 0.15) is 18.7 Å². The Balaban J connectivity index is 2.33. The number of carboxylic acids is 1. The van der Waals surface area contributed by atoms with Gasteiger partial charge in [0.05, 0.1) is 0 Å². The van der Waals surface area contributed by atoms with E-state index in [-0.39, 0.29) is 6.42 Å². The van der Waals surface area contributed by atoms with Crippen LogP contribution >= 0.6 is 0 Å². The molecule has 0 unspecified atom stereocenters. The van der Waals surface area contributed by atoms with Crippen molar-refractivity contribution in [3.63, 3.8) is 0 Å². The van der Waals surface area contributed by atoms with Crippen LogP contribution in [0.3, 0.4) is 0 Å². The van der Waals surface area contributed by atoms with Crippen LogP contribution in [-0.4, -0.2) is 20.6 Å². The standard InChI is InChI=1S/C8H11N2O2/c1-7-9-4-6-10(7)5-2-3-8(11)12/h6H,2-3,5H2,1H3,(H,11,12). The number of hydrogen-bond donors (Lipinski definition) is 1. The molecule has 0 fully saturated rings. The van der Waals surface area contributed by atoms with Crippen LogP contribution in [0.5, 0.6) is 0 Å². The number of nitrogens with zero attached hydrogens (tertiary/aromatic N) is 2. The van der Waals surface area contributed by atoms with Crippen LogP contribution in [0.25, 0.3) is 0 Å². The lowest BCUT2D eigenvalue weighted by molar-refractivity contribution is -0.137. The Kier molecular flexibility index (Phi) is 2.85. The highest BCUT2D eigenvalue weighted by Gasteiger charge is 1.99. The largest absolute Gasteiger partial charge is 0.481 e. The lowest BCUT2D eigenvalue weighted by Crippen LogP contribution is -2.02. The van der Waals surface area contributed by atoms with Gasteiger partial charge in [-0.05, 0) is 13.3 Å². The highest BCUT2D eigenvalue weighted by Crippen LogP contribution is 1.98. The summed E-state index contributed by atoms with van der Waals surface area (Å²) in [5.41, 5.74) is 0. The predicted octanol–water partition coefficient (Wildman–Crippen LogP) is 0.857. The second kappa shape index (κ2) is 3.90. The van der Waals surface area contributed by atoms with Gasteiger partial charge in [0.1, 0.15) is 12.0 Å². The monoisotopic (exact) mass is 167 g/mol. The molecule has 0 amide bonds. The maximum atomic E-state index is 10.2. The molecular formula is C8H11N2O2. The average Bonchev–Trinajstić information content (AvgIpc) is 2.36. The van der Waals surface area contributed by atoms with Gasteiger partial charge in [-0.1, -0.05) is 0 Å². The second-order valence-electron chi connectivity index (χ2n) is 2.61. The van der Waals surface area contributed by atoms with Crippen LogP contribution in [0.15, 0.2) is 6.20 Å². The third-order valence-corrected chi connectivity index (χ3v) is 1.65. The van der Waals surface area contributed by atoms with E-state index in [9.17, 15) is 4.79 Å². The van der Waals surface area contributed by atoms with Crippen molar-refractivity contribution < 1.29 is 9.90 Å². The van der Waals surface area contributed by atoms with Crippen molar-refractivity contribution in [1.29, 1.82) is 0 Å². The molecule has 0 spiro atoms. The normalized spacial score (nSPS) is 10.1. The molecule has 1 aromatic rings. The molecule has 0 aromatic carbocycles. The smallest absolute Gasteiger partial charge is 0.303 e. The van der Waals surface area contributed by atoms with E-state index >= 15 is 0 Å². The molecule has 0 bridgehead atoms. The molecule has 1 heterocycles. The first kappa shape index (κ1) is 8.77. The quantitative estimate of drug-likeness (QED) is 0.723. The highest BCUT2D eigenvalue weighted by molar-refractivity contribution is 5.66. The second-order valence-corrected chi connectivity index (χ2v) is 2.61. The van der Waals surface area contributed by atoms with Crippen LogP contribution in [0.4, 0.5) is 0 Å². The van der Waals surface area contributed by atoms with Gasteiger partial charge in [-0.25, -0.2) is 4.98 Å². The van der Waals surface area contributed by atoms with Gasteiger partial charge in [0, 0.05) is 19.2 Å². The minimum atomic E-state index is -0.753. The summed E-state index contributed by atoms with van der Waals surface area (Å²) in [6, 6.07) is 0. The van der Waals surface area contributed by atoms with E-state index in [0.717, 1.165) is 5.82 Å². The molecule has 1 rings (SSSR count). The molecule has 0 atom stereocenters. The van der Waals surface area contributed by atoms with Crippen LogP contribution in [0.2, 0.25) is 0 Å². The van der Waals surface area contributed by atoms with Crippen LogP contribution < -0.4 is 0 Å². The Bertz CT molecular complexity index is 268. The predicted molar refractivity (Wildman–Crippen MR) is 42.7 cm³/mol. The molecular weight excluding hydrogens is 156 g/mol. The van der Waals surface area contributed by atoms with Gasteiger partial charge in [0.25, 0.3) is 0 Å². The van der Waals surface area contributed by atoms with Gasteiger partial charge in [-0.2, -0.15) is 0 Å². The fourth-order valence-electron chi connectivity index (χ4n) is 0.977. The molecule has 12 heavy (non-hydrogen) atoms. The zero-order chi connectivity index (χ0) is 8.97. The van der Waals surface area contributed by atoms with Gasteiger partial charge >= 0.3 is 5.97 Å². The van der Waals surface area contributed by atoms with E-state index in [1.54, 1.807) is 6.20 Å². The number of imidazole rings is 1. The highest BCUT2D eigenvalue weighted by atomic mass is 16.4. The van der Waals surface area contributed by atoms with E-state index in [1.165, 1.54) is 0 Å². The van der Waals surface area contributed by atoms with Crippen LogP contribution in [-0.2, 0) is 11.3 Å². The van der Waals surface area contributed by atoms with Gasteiger partial charge in [0.15, 0.2) is 0 Å². The molecule has 0 aliphatic rings. The van der Waals surface area contributed by atoms with Gasteiger partial charge in [0.2, 0.25) is 0 Å². The van der Waals surface area contributed by atoms with Gasteiger partial charge < -0.3 is 9.67 Å². The SMILES string of the molecule is Cc1n[c]cn1CCCC(=O)O. The first-order valence-corrected chi connectivity index (χ1v) is 3.82. The zero-order valence-corrected chi connectivity index (χ0v) is 6.95. The number of aryl methyl sites for hydroxylation is 2. The topological polar surface area (TPSA) is 55.1 Å². The third kappa shape index (κ3) is 2.38. The van der Waals surface area contributed by atoms with Crippen molar-refractivity contribution in [1.82, 2.24) is 9.55 Å². The number of carboxylic acid groups (broad SMARTS) is 1. The van der Waals surface area contributed by atoms with Crippen molar-refractivity contribution >= 4 is 5.97 Å². The molecule has 1 N–H and O–H groups in total. The number of carbonyl (C=O) groups is 1. The number of hydrogen-bond acceptors (Lipinski definition) is 2. The Labute approximate surface area is 70.9 Å². The average molecular weight is 167 g/mol. The van der Waals surface area contributed by atoms with Crippen molar-refractivity contribution in [2.24, 2.45) is 0 Å². The molecule has 0 saturated heterocycles. The van der Waals surface area contributed by atoms with Crippen molar-refractivity contribution in [3.05, 3.63) is 18.2 Å². The number of aliphatic carboxylic acids is 1. The molecule has 4 heteroatoms. The van der Waals surface area contributed by atoms with E-state index < -0.39 is 5.97 Å². The van der Waals surface area contributed by atoms with Crippen molar-refractivity contribution in [2.75, 3.05) is 0 Å². The maximum Gasteiger partial charge on any atom is 0.303 e. The number of rotatable bonds is 4. The minimum Gasteiger partial charge on any atom is -0.481 e. The third-order valence-electron chi connectivity index (χ3n) is 1.65. The van der Waals surface area contributed by atoms with Crippen LogP contribution in [0, 0.1) is 13.1 Å². The summed E-state index contributed by atoms with van der Waals surface area (Å²) in [5, 5.41) is 8.38. The Morgan fingerprint density at radius 2 is 2.58 bits per heavy atom. The van der Waals surface area contributed by atoms with E-state index in [2.05, 4.69) is 11.2 Å². The molecule has 0 aliphatic carbocycles. The lowest BCUT2D eigenvalue weighted by atomic mass is 10.3. The first-order valence-electron chi connectivity index (χ1n) is 3.82. The number of aromatic nitrogens is 2. The summed E-state index contributed by atoms with van der Waals surface area (Å²) >= 11 is 0. The molecule has 0 aliphatic heterocycles. The van der Waals surface area contributed by atoms with Crippen molar-refractivity contribution in [2.45, 2.75) is 26.3 Å². The van der Waals surface area contributed by atoms with E-state index in [1.807, 2.05) is 11.5 Å². The fraction of sp³-hybridized carbons (Fsp3) is 0.500. The summed E-state index contributed by atoms with van der Waals surface area (Å²) in [7, 11) is 0. The fourth-order valence-corrected chi connectivity index (χ4v) is 0.977. The summed E-state index contributed by atoms with van der Waals surface area (Å²) in [4.78, 5) is 14.1. The Hall–Kier alpha value is -1.32. The zero-order valence-electron chi connectivity index (χ0n) is 6.95. The van der Waals surface area contributed by atoms with Gasteiger partial charge in [-0.15, -0.1) is 0 Å². The van der Waals surface area contributed by atoms with Gasteiger partial charge in [-0.3, -0.25) is 4.79 Å². The summed E-state index contributed by atoms with van der Waals surface area (Å²) in [5.74, 6) is 0.122. The molecule has 65 valence electrons. The molecule has 1 aromatic heterocycles. The first-order chi connectivity index (χ1) is 5.70. The lowest BCUT2D eigenvalue weighted by Gasteiger charge is -2.01. The Morgan fingerprint density at radius 3 is 3.08 bits per heavy atom. The van der Waals surface area contributed by atoms with E-state index in [4.69, 9.17) is 5.11 Å². The minimum absolute atomic E-state index is 0.206. The Morgan fingerprint density at radius 1 is 1.83 bits per heavy atom. The summed E-state index contributed by atoms with van der Waals surface area (Å²) in [6.45, 7) is 2.58. The van der Waals surface area contributed by atoms with Crippen molar-refractivity contribution in [3.8, 4) is 0 Å². The summed E-state index contributed by atoms with van der Waals surface area (Å²) < 4.78 is 1.89. The maximum absolute atomic E-state index is 10.2. The molecule has 1 radical (unpaired) electrons. The van der Waals surface area contributed by atoms with E-state index in [0.29, 0.717) is 13.0 Å². The summed E-state index contributed by atoms with van der Waals surface area (Å²) in [6.07, 6.45) is 5.28. The molecule has 4 nitrogen and oxygen atoms in total.